The van der Waals surface area contributed by atoms with Gasteiger partial charge in [0.25, 0.3) is 0 Å². The summed E-state index contributed by atoms with van der Waals surface area (Å²) in [5, 5.41) is 17.5. The van der Waals surface area contributed by atoms with Crippen molar-refractivity contribution in [1.29, 1.82) is 5.26 Å². The van der Waals surface area contributed by atoms with E-state index in [1.807, 2.05) is 36.4 Å². The predicted molar refractivity (Wildman–Crippen MR) is 119 cm³/mol. The SMILES string of the molecule is N#CC1(c2ccc(-c3ccc(N4C[C@H](Cn5ccnn5)OC4=O)cc3)cn2)[C@@H]2CS(=O)C[C@@H]21. The summed E-state index contributed by atoms with van der Waals surface area (Å²) in [4.78, 5) is 18.6. The minimum Gasteiger partial charge on any atom is -0.442 e. The van der Waals surface area contributed by atoms with E-state index in [-0.39, 0.29) is 24.0 Å². The van der Waals surface area contributed by atoms with Gasteiger partial charge in [0, 0.05) is 57.8 Å². The van der Waals surface area contributed by atoms with Gasteiger partial charge in [0.1, 0.15) is 11.5 Å². The van der Waals surface area contributed by atoms with Gasteiger partial charge in [-0.2, -0.15) is 5.26 Å². The van der Waals surface area contributed by atoms with Crippen LogP contribution < -0.4 is 4.90 Å². The van der Waals surface area contributed by atoms with E-state index >= 15 is 0 Å². The van der Waals surface area contributed by atoms with Gasteiger partial charge >= 0.3 is 6.09 Å². The zero-order chi connectivity index (χ0) is 22.6. The molecule has 2 saturated heterocycles. The van der Waals surface area contributed by atoms with Gasteiger partial charge in [0.05, 0.1) is 31.0 Å². The smallest absolute Gasteiger partial charge is 0.414 e. The monoisotopic (exact) mass is 460 g/mol. The number of fused-ring (bicyclic) bond motifs is 1. The lowest BCUT2D eigenvalue weighted by atomic mass is 9.97. The Bertz CT molecular complexity index is 1260. The zero-order valence-electron chi connectivity index (χ0n) is 17.6. The van der Waals surface area contributed by atoms with Gasteiger partial charge in [0.15, 0.2) is 0 Å². The number of benzene rings is 1. The topological polar surface area (TPSA) is 114 Å². The molecule has 3 aliphatic rings. The maximum Gasteiger partial charge on any atom is 0.414 e. The third-order valence-corrected chi connectivity index (χ3v) is 8.36. The van der Waals surface area contributed by atoms with Crippen LogP contribution in [-0.2, 0) is 27.5 Å². The normalized spacial score (nSPS) is 30.0. The lowest BCUT2D eigenvalue weighted by Gasteiger charge is -2.14. The van der Waals surface area contributed by atoms with E-state index in [9.17, 15) is 14.3 Å². The van der Waals surface area contributed by atoms with Gasteiger partial charge < -0.3 is 4.74 Å². The first-order chi connectivity index (χ1) is 16.1. The Hall–Kier alpha value is -3.58. The van der Waals surface area contributed by atoms with Gasteiger partial charge in [-0.15, -0.1) is 5.10 Å². The van der Waals surface area contributed by atoms with E-state index in [1.165, 1.54) is 0 Å². The Kier molecular flexibility index (Phi) is 4.55. The fourth-order valence-electron chi connectivity index (χ4n) is 5.11. The van der Waals surface area contributed by atoms with Crippen LogP contribution in [0.3, 0.4) is 0 Å². The van der Waals surface area contributed by atoms with E-state index in [0.29, 0.717) is 24.6 Å². The van der Waals surface area contributed by atoms with Crippen LogP contribution in [0.15, 0.2) is 55.0 Å². The largest absolute Gasteiger partial charge is 0.442 e. The highest BCUT2D eigenvalue weighted by molar-refractivity contribution is 7.85. The summed E-state index contributed by atoms with van der Waals surface area (Å²) in [5.41, 5.74) is 2.86. The number of cyclic esters (lactones) is 1. The van der Waals surface area contributed by atoms with Crippen molar-refractivity contribution >= 4 is 22.6 Å². The summed E-state index contributed by atoms with van der Waals surface area (Å²) in [5.74, 6) is 1.52. The highest BCUT2D eigenvalue weighted by atomic mass is 32.2. The van der Waals surface area contributed by atoms with E-state index in [0.717, 1.165) is 22.5 Å². The number of amides is 1. The number of carbonyl (C=O) groups is 1. The summed E-state index contributed by atoms with van der Waals surface area (Å²) in [7, 11) is -0.799. The van der Waals surface area contributed by atoms with Crippen molar-refractivity contribution in [2.45, 2.75) is 18.1 Å². The second kappa shape index (κ2) is 7.49. The number of nitrogens with zero attached hydrogens (tertiary/aromatic N) is 6. The minimum atomic E-state index is -0.799. The van der Waals surface area contributed by atoms with Crippen LogP contribution in [0.4, 0.5) is 10.5 Å². The molecule has 0 bridgehead atoms. The van der Waals surface area contributed by atoms with Crippen LogP contribution in [-0.4, -0.2) is 54.4 Å². The Labute approximate surface area is 192 Å². The zero-order valence-corrected chi connectivity index (χ0v) is 18.4. The maximum atomic E-state index is 12.3. The number of hydrogen-bond acceptors (Lipinski definition) is 7. The first kappa shape index (κ1) is 20.1. The van der Waals surface area contributed by atoms with Crippen LogP contribution in [0.25, 0.3) is 11.1 Å². The Balaban J connectivity index is 1.16. The molecular formula is C23H20N6O3S. The number of carbonyl (C=O) groups excluding carboxylic acids is 1. The van der Waals surface area contributed by atoms with E-state index < -0.39 is 16.2 Å². The number of anilines is 1. The predicted octanol–water partition coefficient (Wildman–Crippen LogP) is 2.14. The Morgan fingerprint density at radius 3 is 2.55 bits per heavy atom. The summed E-state index contributed by atoms with van der Waals surface area (Å²) >= 11 is 0. The van der Waals surface area contributed by atoms with Crippen LogP contribution in [0, 0.1) is 23.2 Å². The number of pyridine rings is 1. The highest BCUT2D eigenvalue weighted by Gasteiger charge is 2.70. The number of hydrogen-bond donors (Lipinski definition) is 0. The van der Waals surface area contributed by atoms with Gasteiger partial charge in [-0.3, -0.25) is 14.1 Å². The first-order valence-electron chi connectivity index (χ1n) is 10.7. The summed E-state index contributed by atoms with van der Waals surface area (Å²) in [6.45, 7) is 0.901. The van der Waals surface area contributed by atoms with Gasteiger partial charge in [0.2, 0.25) is 0 Å². The number of nitriles is 1. The van der Waals surface area contributed by atoms with Crippen molar-refractivity contribution in [2.75, 3.05) is 23.0 Å². The average Bonchev–Trinajstić information content (AvgIpc) is 3.31. The molecule has 0 radical (unpaired) electrons. The van der Waals surface area contributed by atoms with Gasteiger partial charge in [-0.05, 0) is 23.8 Å². The molecule has 3 fully saturated rings. The molecule has 4 heterocycles. The van der Waals surface area contributed by atoms with Crippen LogP contribution in [0.2, 0.25) is 0 Å². The molecule has 33 heavy (non-hydrogen) atoms. The van der Waals surface area contributed by atoms with E-state index in [2.05, 4.69) is 21.4 Å². The van der Waals surface area contributed by atoms with E-state index in [1.54, 1.807) is 28.2 Å². The van der Waals surface area contributed by atoms with Crippen molar-refractivity contribution in [3.8, 4) is 17.2 Å². The standard InChI is InChI=1S/C23H20N6O3S/c24-14-23(19-12-33(31)13-20(19)23)21-6-3-16(9-25-21)15-1-4-17(5-2-15)29-11-18(32-22(29)30)10-28-8-7-26-27-28/h1-9,18-20H,10-13H2/t18-,19-,20+,23?,33?/m0/s1. The molecule has 2 aromatic heterocycles. The lowest BCUT2D eigenvalue weighted by Crippen LogP contribution is -2.26. The molecule has 5 atom stereocenters. The second-order valence-corrected chi connectivity index (χ2v) is 10.2. The average molecular weight is 461 g/mol. The van der Waals surface area contributed by atoms with Crippen molar-refractivity contribution in [3.63, 3.8) is 0 Å². The van der Waals surface area contributed by atoms with Crippen LogP contribution in [0.1, 0.15) is 5.69 Å². The van der Waals surface area contributed by atoms with Crippen molar-refractivity contribution in [3.05, 3.63) is 60.7 Å². The molecule has 1 aromatic carbocycles. The summed E-state index contributed by atoms with van der Waals surface area (Å²) < 4.78 is 18.8. The number of ether oxygens (including phenoxy) is 1. The van der Waals surface area contributed by atoms with Crippen LogP contribution in [0.5, 0.6) is 0 Å². The third kappa shape index (κ3) is 3.23. The van der Waals surface area contributed by atoms with Gasteiger partial charge in [-0.25, -0.2) is 9.48 Å². The Morgan fingerprint density at radius 2 is 1.91 bits per heavy atom. The molecule has 2 aliphatic heterocycles. The molecule has 166 valence electrons. The number of rotatable bonds is 5. The third-order valence-electron chi connectivity index (χ3n) is 6.90. The summed E-state index contributed by atoms with van der Waals surface area (Å²) in [6, 6.07) is 14.0. The second-order valence-electron chi connectivity index (χ2n) is 8.69. The van der Waals surface area contributed by atoms with E-state index in [4.69, 9.17) is 4.74 Å². The van der Waals surface area contributed by atoms with Crippen molar-refractivity contribution < 1.29 is 13.7 Å². The van der Waals surface area contributed by atoms with Gasteiger partial charge in [-0.1, -0.05) is 23.4 Å². The fourth-order valence-corrected chi connectivity index (χ4v) is 7.04. The molecule has 6 rings (SSSR count). The molecule has 0 spiro atoms. The molecule has 3 aromatic rings. The molecule has 1 amide bonds. The number of aromatic nitrogens is 4. The lowest BCUT2D eigenvalue weighted by molar-refractivity contribution is 0.129. The highest BCUT2D eigenvalue weighted by Crippen LogP contribution is 2.62. The molecular weight excluding hydrogens is 440 g/mol. The molecule has 0 N–H and O–H groups in total. The first-order valence-corrected chi connectivity index (χ1v) is 12.2. The van der Waals surface area contributed by atoms with Crippen LogP contribution >= 0.6 is 0 Å². The quantitative estimate of drug-likeness (QED) is 0.573. The minimum absolute atomic E-state index is 0.162. The van der Waals surface area contributed by atoms with Crippen molar-refractivity contribution in [1.82, 2.24) is 20.0 Å². The Morgan fingerprint density at radius 1 is 1.15 bits per heavy atom. The molecule has 1 aliphatic carbocycles. The summed E-state index contributed by atoms with van der Waals surface area (Å²) in [6.07, 6.45) is 4.44. The molecule has 9 nitrogen and oxygen atoms in total. The maximum absolute atomic E-state index is 12.3. The molecule has 2 unspecified atom stereocenters. The van der Waals surface area contributed by atoms with Crippen molar-refractivity contribution in [2.24, 2.45) is 11.8 Å². The molecule has 10 heteroatoms. The molecule has 1 saturated carbocycles. The fraction of sp³-hybridized carbons (Fsp3) is 0.348.